The smallest absolute Gasteiger partial charge is 0.256 e. The molecule has 1 amide bonds. The Morgan fingerprint density at radius 3 is 2.65 bits per heavy atom. The molecule has 3 nitrogen and oxygen atoms in total. The maximum Gasteiger partial charge on any atom is 0.256 e. The number of amides is 1. The molecule has 0 aliphatic carbocycles. The highest BCUT2D eigenvalue weighted by Crippen LogP contribution is 2.20. The number of benzene rings is 2. The van der Waals surface area contributed by atoms with Crippen molar-refractivity contribution in [1.82, 2.24) is 0 Å². The van der Waals surface area contributed by atoms with Crippen LogP contribution in [0, 0.1) is 23.0 Å². The number of anilines is 1. The van der Waals surface area contributed by atoms with Crippen LogP contribution in [0.15, 0.2) is 40.9 Å². The van der Waals surface area contributed by atoms with Crippen molar-refractivity contribution in [2.24, 2.45) is 0 Å². The minimum Gasteiger partial charge on any atom is -0.322 e. The summed E-state index contributed by atoms with van der Waals surface area (Å²) in [6.07, 6.45) is 0. The molecule has 0 unspecified atom stereocenters. The van der Waals surface area contributed by atoms with E-state index in [1.807, 2.05) is 0 Å². The Balaban J connectivity index is 2.28. The standard InChI is InChI=1S/C14H7BrF2N2O/c15-12-3-1-9(16)6-11(12)14(20)19-10-2-4-13(17)8(5-10)7-18/h1-6H,(H,19,20). The molecule has 2 aromatic rings. The number of carbonyl (C=O) groups excluding carboxylic acids is 1. The van der Waals surface area contributed by atoms with Gasteiger partial charge in [0.25, 0.3) is 5.91 Å². The molecule has 20 heavy (non-hydrogen) atoms. The van der Waals surface area contributed by atoms with E-state index in [0.29, 0.717) is 4.47 Å². The fraction of sp³-hybridized carbons (Fsp3) is 0. The summed E-state index contributed by atoms with van der Waals surface area (Å²) in [6, 6.07) is 8.99. The zero-order valence-electron chi connectivity index (χ0n) is 9.95. The molecule has 0 heterocycles. The second kappa shape index (κ2) is 5.80. The first-order valence-corrected chi connectivity index (χ1v) is 6.26. The summed E-state index contributed by atoms with van der Waals surface area (Å²) in [5.74, 6) is -1.78. The zero-order valence-corrected chi connectivity index (χ0v) is 11.5. The molecule has 100 valence electrons. The molecule has 0 radical (unpaired) electrons. The van der Waals surface area contributed by atoms with E-state index in [9.17, 15) is 13.6 Å². The van der Waals surface area contributed by atoms with Gasteiger partial charge >= 0.3 is 0 Å². The minimum atomic E-state index is -0.669. The van der Waals surface area contributed by atoms with E-state index >= 15 is 0 Å². The SMILES string of the molecule is N#Cc1cc(NC(=O)c2cc(F)ccc2Br)ccc1F. The number of nitriles is 1. The molecule has 0 aromatic heterocycles. The van der Waals surface area contributed by atoms with Crippen molar-refractivity contribution in [3.8, 4) is 6.07 Å². The molecule has 2 rings (SSSR count). The molecule has 0 saturated heterocycles. The predicted molar refractivity (Wildman–Crippen MR) is 73.2 cm³/mol. The number of nitrogens with zero attached hydrogens (tertiary/aromatic N) is 1. The Morgan fingerprint density at radius 2 is 1.95 bits per heavy atom. The van der Waals surface area contributed by atoms with Crippen LogP contribution in [0.3, 0.4) is 0 Å². The van der Waals surface area contributed by atoms with Crippen molar-refractivity contribution in [1.29, 1.82) is 5.26 Å². The molecule has 0 fully saturated rings. The molecule has 0 spiro atoms. The Bertz CT molecular complexity index is 726. The van der Waals surface area contributed by atoms with Crippen molar-refractivity contribution in [3.05, 3.63) is 63.6 Å². The Morgan fingerprint density at radius 1 is 1.20 bits per heavy atom. The van der Waals surface area contributed by atoms with E-state index in [4.69, 9.17) is 5.26 Å². The lowest BCUT2D eigenvalue weighted by Gasteiger charge is -2.07. The van der Waals surface area contributed by atoms with E-state index in [-0.39, 0.29) is 16.8 Å². The number of carbonyl (C=O) groups is 1. The van der Waals surface area contributed by atoms with Crippen LogP contribution in [0.25, 0.3) is 0 Å². The summed E-state index contributed by atoms with van der Waals surface area (Å²) in [5.41, 5.74) is 0.179. The molecule has 0 aliphatic rings. The van der Waals surface area contributed by atoms with Crippen LogP contribution in [0.1, 0.15) is 15.9 Å². The maximum atomic E-state index is 13.2. The van der Waals surface area contributed by atoms with Gasteiger partial charge in [-0.15, -0.1) is 0 Å². The van der Waals surface area contributed by atoms with Crippen LogP contribution < -0.4 is 5.32 Å². The lowest BCUT2D eigenvalue weighted by molar-refractivity contribution is 0.102. The van der Waals surface area contributed by atoms with Crippen LogP contribution >= 0.6 is 15.9 Å². The summed E-state index contributed by atoms with van der Waals surface area (Å²) >= 11 is 3.14. The summed E-state index contributed by atoms with van der Waals surface area (Å²) in [4.78, 5) is 12.0. The van der Waals surface area contributed by atoms with Gasteiger partial charge in [-0.25, -0.2) is 8.78 Å². The van der Waals surface area contributed by atoms with E-state index in [0.717, 1.165) is 12.1 Å². The fourth-order valence-electron chi connectivity index (χ4n) is 1.56. The Hall–Kier alpha value is -2.26. The third-order valence-corrected chi connectivity index (χ3v) is 3.21. The van der Waals surface area contributed by atoms with Gasteiger partial charge in [-0.2, -0.15) is 5.26 Å². The predicted octanol–water partition coefficient (Wildman–Crippen LogP) is 3.85. The molecular formula is C14H7BrF2N2O. The number of hydrogen-bond donors (Lipinski definition) is 1. The van der Waals surface area contributed by atoms with Crippen molar-refractivity contribution in [2.45, 2.75) is 0 Å². The first-order valence-electron chi connectivity index (χ1n) is 5.47. The monoisotopic (exact) mass is 336 g/mol. The van der Waals surface area contributed by atoms with Crippen molar-refractivity contribution in [2.75, 3.05) is 5.32 Å². The quantitative estimate of drug-likeness (QED) is 0.905. The highest BCUT2D eigenvalue weighted by molar-refractivity contribution is 9.10. The number of halogens is 3. The third-order valence-electron chi connectivity index (χ3n) is 2.52. The van der Waals surface area contributed by atoms with Crippen LogP contribution in [0.5, 0.6) is 0 Å². The Kier molecular flexibility index (Phi) is 4.11. The number of hydrogen-bond acceptors (Lipinski definition) is 2. The van der Waals surface area contributed by atoms with Crippen LogP contribution in [-0.2, 0) is 0 Å². The second-order valence-electron chi connectivity index (χ2n) is 3.88. The first-order chi connectivity index (χ1) is 9.51. The largest absolute Gasteiger partial charge is 0.322 e. The molecule has 0 atom stereocenters. The van der Waals surface area contributed by atoms with Crippen LogP contribution in [-0.4, -0.2) is 5.91 Å². The average Bonchev–Trinajstić information content (AvgIpc) is 2.43. The van der Waals surface area contributed by atoms with Gasteiger partial charge < -0.3 is 5.32 Å². The summed E-state index contributed by atoms with van der Waals surface area (Å²) < 4.78 is 26.7. The topological polar surface area (TPSA) is 52.9 Å². The van der Waals surface area contributed by atoms with Crippen LogP contribution in [0.4, 0.5) is 14.5 Å². The summed E-state index contributed by atoms with van der Waals surface area (Å²) in [7, 11) is 0. The van der Waals surface area contributed by atoms with Gasteiger partial charge in [-0.3, -0.25) is 4.79 Å². The molecule has 1 N–H and O–H groups in total. The lowest BCUT2D eigenvalue weighted by Crippen LogP contribution is -2.13. The van der Waals surface area contributed by atoms with Crippen molar-refractivity contribution in [3.63, 3.8) is 0 Å². The number of rotatable bonds is 2. The summed E-state index contributed by atoms with van der Waals surface area (Å²) in [6.45, 7) is 0. The lowest BCUT2D eigenvalue weighted by atomic mass is 10.1. The first kappa shape index (κ1) is 14.2. The molecule has 6 heteroatoms. The van der Waals surface area contributed by atoms with E-state index in [1.165, 1.54) is 24.3 Å². The van der Waals surface area contributed by atoms with Gasteiger partial charge in [-0.1, -0.05) is 0 Å². The highest BCUT2D eigenvalue weighted by atomic mass is 79.9. The van der Waals surface area contributed by atoms with E-state index in [1.54, 1.807) is 6.07 Å². The molecular weight excluding hydrogens is 330 g/mol. The Labute approximate surface area is 122 Å². The molecule has 0 bridgehead atoms. The van der Waals surface area contributed by atoms with Crippen molar-refractivity contribution < 1.29 is 13.6 Å². The highest BCUT2D eigenvalue weighted by Gasteiger charge is 2.12. The minimum absolute atomic E-state index is 0.104. The van der Waals surface area contributed by atoms with Gasteiger partial charge in [0.1, 0.15) is 17.7 Å². The van der Waals surface area contributed by atoms with Gasteiger partial charge in [0.05, 0.1) is 11.1 Å². The van der Waals surface area contributed by atoms with Crippen molar-refractivity contribution >= 4 is 27.5 Å². The van der Waals surface area contributed by atoms with E-state index < -0.39 is 17.5 Å². The van der Waals surface area contributed by atoms with Gasteiger partial charge in [0.2, 0.25) is 0 Å². The van der Waals surface area contributed by atoms with E-state index in [2.05, 4.69) is 21.2 Å². The average molecular weight is 337 g/mol. The zero-order chi connectivity index (χ0) is 14.7. The normalized spacial score (nSPS) is 9.90. The summed E-state index contributed by atoms with van der Waals surface area (Å²) in [5, 5.41) is 11.2. The van der Waals surface area contributed by atoms with Gasteiger partial charge in [-0.05, 0) is 52.3 Å². The van der Waals surface area contributed by atoms with Gasteiger partial charge in [0, 0.05) is 10.2 Å². The molecule has 2 aromatic carbocycles. The fourth-order valence-corrected chi connectivity index (χ4v) is 1.99. The molecule has 0 aliphatic heterocycles. The molecule has 0 saturated carbocycles. The number of nitrogens with one attached hydrogen (secondary N) is 1. The van der Waals surface area contributed by atoms with Crippen LogP contribution in [0.2, 0.25) is 0 Å². The third kappa shape index (κ3) is 3.00. The second-order valence-corrected chi connectivity index (χ2v) is 4.74. The maximum absolute atomic E-state index is 13.2. The van der Waals surface area contributed by atoms with Gasteiger partial charge in [0.15, 0.2) is 0 Å².